The smallest absolute Gasteiger partial charge is 0.313 e. The fraction of sp³-hybridized carbons (Fsp3) is 0.556. The standard InChI is InChI=1S/C9H14O3/c1-2-3-4-5-6-8(7-10)9(11)12/h2,7-8H,1,3-6H2,(H,11,12). The van der Waals surface area contributed by atoms with Crippen molar-refractivity contribution in [3.63, 3.8) is 0 Å². The number of hydrogen-bond acceptors (Lipinski definition) is 2. The van der Waals surface area contributed by atoms with Crippen molar-refractivity contribution >= 4 is 12.3 Å². The molecule has 0 aliphatic carbocycles. The topological polar surface area (TPSA) is 54.4 Å². The van der Waals surface area contributed by atoms with E-state index in [0.717, 1.165) is 19.3 Å². The van der Waals surface area contributed by atoms with Crippen molar-refractivity contribution in [2.45, 2.75) is 25.7 Å². The molecule has 3 heteroatoms. The first-order valence-electron chi connectivity index (χ1n) is 4.01. The van der Waals surface area contributed by atoms with Gasteiger partial charge < -0.3 is 9.90 Å². The van der Waals surface area contributed by atoms with Gasteiger partial charge in [0, 0.05) is 0 Å². The first kappa shape index (κ1) is 10.9. The minimum atomic E-state index is -1.02. The number of carboxylic acid groups (broad SMARTS) is 1. The second kappa shape index (κ2) is 6.58. The van der Waals surface area contributed by atoms with Crippen LogP contribution in [-0.2, 0) is 9.59 Å². The van der Waals surface area contributed by atoms with Gasteiger partial charge in [-0.2, -0.15) is 0 Å². The lowest BCUT2D eigenvalue weighted by atomic mass is 10.0. The summed E-state index contributed by atoms with van der Waals surface area (Å²) < 4.78 is 0. The van der Waals surface area contributed by atoms with Crippen LogP contribution in [0.1, 0.15) is 25.7 Å². The first-order valence-corrected chi connectivity index (χ1v) is 4.01. The maximum atomic E-state index is 10.3. The van der Waals surface area contributed by atoms with Gasteiger partial charge in [0.2, 0.25) is 0 Å². The van der Waals surface area contributed by atoms with Crippen LogP contribution in [0.5, 0.6) is 0 Å². The van der Waals surface area contributed by atoms with Gasteiger partial charge in [-0.25, -0.2) is 0 Å². The van der Waals surface area contributed by atoms with Gasteiger partial charge in [0.15, 0.2) is 0 Å². The van der Waals surface area contributed by atoms with E-state index < -0.39 is 11.9 Å². The molecule has 0 aromatic heterocycles. The van der Waals surface area contributed by atoms with E-state index in [2.05, 4.69) is 6.58 Å². The average Bonchev–Trinajstić information content (AvgIpc) is 2.04. The highest BCUT2D eigenvalue weighted by atomic mass is 16.4. The summed E-state index contributed by atoms with van der Waals surface area (Å²) in [5.74, 6) is -1.85. The first-order chi connectivity index (χ1) is 5.72. The molecule has 0 spiro atoms. The fourth-order valence-electron chi connectivity index (χ4n) is 0.903. The normalized spacial score (nSPS) is 12.0. The molecule has 3 nitrogen and oxygen atoms in total. The van der Waals surface area contributed by atoms with E-state index in [1.807, 2.05) is 0 Å². The maximum absolute atomic E-state index is 10.3. The van der Waals surface area contributed by atoms with Crippen molar-refractivity contribution in [1.82, 2.24) is 0 Å². The molecule has 1 unspecified atom stereocenters. The van der Waals surface area contributed by atoms with Gasteiger partial charge in [-0.1, -0.05) is 12.5 Å². The van der Waals surface area contributed by atoms with Gasteiger partial charge in [-0.05, 0) is 19.3 Å². The highest BCUT2D eigenvalue weighted by Crippen LogP contribution is 2.08. The maximum Gasteiger partial charge on any atom is 0.313 e. The second-order valence-electron chi connectivity index (χ2n) is 2.65. The molecule has 0 aliphatic rings. The van der Waals surface area contributed by atoms with Crippen molar-refractivity contribution in [3.05, 3.63) is 12.7 Å². The number of carbonyl (C=O) groups is 2. The molecule has 0 radical (unpaired) electrons. The van der Waals surface area contributed by atoms with Gasteiger partial charge in [-0.15, -0.1) is 6.58 Å². The van der Waals surface area contributed by atoms with E-state index in [1.54, 1.807) is 6.08 Å². The van der Waals surface area contributed by atoms with Crippen LogP contribution in [0.15, 0.2) is 12.7 Å². The van der Waals surface area contributed by atoms with E-state index in [4.69, 9.17) is 5.11 Å². The van der Waals surface area contributed by atoms with Gasteiger partial charge in [-0.3, -0.25) is 4.79 Å². The van der Waals surface area contributed by atoms with Crippen molar-refractivity contribution in [2.24, 2.45) is 5.92 Å². The molecule has 0 aromatic rings. The van der Waals surface area contributed by atoms with Crippen molar-refractivity contribution < 1.29 is 14.7 Å². The summed E-state index contributed by atoms with van der Waals surface area (Å²) in [5, 5.41) is 8.48. The average molecular weight is 170 g/mol. The Balaban J connectivity index is 3.51. The fourth-order valence-corrected chi connectivity index (χ4v) is 0.903. The third kappa shape index (κ3) is 4.66. The number of unbranched alkanes of at least 4 members (excludes halogenated alkanes) is 2. The lowest BCUT2D eigenvalue weighted by Gasteiger charge is -2.02. The molecule has 0 aromatic carbocycles. The Morgan fingerprint density at radius 3 is 2.58 bits per heavy atom. The van der Waals surface area contributed by atoms with Crippen LogP contribution in [0.3, 0.4) is 0 Å². The van der Waals surface area contributed by atoms with Crippen LogP contribution in [0, 0.1) is 5.92 Å². The predicted molar refractivity (Wildman–Crippen MR) is 45.9 cm³/mol. The Hall–Kier alpha value is -1.12. The Morgan fingerprint density at radius 1 is 1.50 bits per heavy atom. The van der Waals surface area contributed by atoms with Gasteiger partial charge in [0.1, 0.15) is 12.2 Å². The molecule has 0 fully saturated rings. The Bertz CT molecular complexity index is 163. The molecule has 1 atom stereocenters. The monoisotopic (exact) mass is 170 g/mol. The van der Waals surface area contributed by atoms with Crippen molar-refractivity contribution in [1.29, 1.82) is 0 Å². The quantitative estimate of drug-likeness (QED) is 0.273. The van der Waals surface area contributed by atoms with Crippen LogP contribution < -0.4 is 0 Å². The molecule has 12 heavy (non-hydrogen) atoms. The Morgan fingerprint density at radius 2 is 2.17 bits per heavy atom. The molecule has 0 rings (SSSR count). The van der Waals surface area contributed by atoms with Crippen molar-refractivity contribution in [2.75, 3.05) is 0 Å². The van der Waals surface area contributed by atoms with E-state index in [0.29, 0.717) is 12.7 Å². The largest absolute Gasteiger partial charge is 0.481 e. The van der Waals surface area contributed by atoms with E-state index in [9.17, 15) is 9.59 Å². The number of carbonyl (C=O) groups excluding carboxylic acids is 1. The number of carboxylic acids is 1. The Kier molecular flexibility index (Phi) is 5.97. The van der Waals surface area contributed by atoms with Crippen LogP contribution in [-0.4, -0.2) is 17.4 Å². The number of aliphatic carboxylic acids is 1. The SMILES string of the molecule is C=CCCCCC(C=O)C(=O)O. The molecule has 0 bridgehead atoms. The highest BCUT2D eigenvalue weighted by Gasteiger charge is 2.14. The van der Waals surface area contributed by atoms with Crippen LogP contribution in [0.25, 0.3) is 0 Å². The van der Waals surface area contributed by atoms with E-state index in [1.165, 1.54) is 0 Å². The molecule has 0 amide bonds. The molecule has 68 valence electrons. The number of hydrogen-bond donors (Lipinski definition) is 1. The van der Waals surface area contributed by atoms with Gasteiger partial charge >= 0.3 is 5.97 Å². The number of aldehydes is 1. The highest BCUT2D eigenvalue weighted by molar-refractivity contribution is 5.86. The van der Waals surface area contributed by atoms with Gasteiger partial charge in [0.25, 0.3) is 0 Å². The van der Waals surface area contributed by atoms with Crippen LogP contribution >= 0.6 is 0 Å². The van der Waals surface area contributed by atoms with E-state index in [-0.39, 0.29) is 0 Å². The lowest BCUT2D eigenvalue weighted by Crippen LogP contribution is -2.14. The molecular formula is C9H14O3. The van der Waals surface area contributed by atoms with Crippen LogP contribution in [0.4, 0.5) is 0 Å². The summed E-state index contributed by atoms with van der Waals surface area (Å²) in [7, 11) is 0. The minimum Gasteiger partial charge on any atom is -0.481 e. The zero-order chi connectivity index (χ0) is 9.40. The number of rotatable bonds is 7. The van der Waals surface area contributed by atoms with E-state index >= 15 is 0 Å². The molecule has 1 N–H and O–H groups in total. The molecule has 0 heterocycles. The lowest BCUT2D eigenvalue weighted by molar-refractivity contribution is -0.143. The minimum absolute atomic E-state index is 0.437. The van der Waals surface area contributed by atoms with Crippen LogP contribution in [0.2, 0.25) is 0 Å². The summed E-state index contributed by atoms with van der Waals surface area (Å²) in [6, 6.07) is 0. The van der Waals surface area contributed by atoms with Gasteiger partial charge in [0.05, 0.1) is 0 Å². The molecule has 0 saturated carbocycles. The Labute approximate surface area is 72.1 Å². The zero-order valence-electron chi connectivity index (χ0n) is 7.03. The summed E-state index contributed by atoms with van der Waals surface area (Å²) in [6.07, 6.45) is 5.27. The third-order valence-electron chi connectivity index (χ3n) is 1.65. The molecule has 0 saturated heterocycles. The second-order valence-corrected chi connectivity index (χ2v) is 2.65. The molecular weight excluding hydrogens is 156 g/mol. The summed E-state index contributed by atoms with van der Waals surface area (Å²) in [5.41, 5.74) is 0. The summed E-state index contributed by atoms with van der Waals surface area (Å²) in [6.45, 7) is 3.55. The van der Waals surface area contributed by atoms with Crippen molar-refractivity contribution in [3.8, 4) is 0 Å². The molecule has 0 aliphatic heterocycles. The third-order valence-corrected chi connectivity index (χ3v) is 1.65. The summed E-state index contributed by atoms with van der Waals surface area (Å²) >= 11 is 0. The predicted octanol–water partition coefficient (Wildman–Crippen LogP) is 1.63. The zero-order valence-corrected chi connectivity index (χ0v) is 7.03. The number of allylic oxidation sites excluding steroid dienone is 1. The summed E-state index contributed by atoms with van der Waals surface area (Å²) in [4.78, 5) is 20.6.